The standard InChI is InChI=1S/C20H22N6OS/c1-26(2)19-23-18(21-13-15-9-5-3-6-10-15)24-20(25-19)28-14-17(27)22-16-11-7-4-8-12-16/h3-12H,13-14H2,1-2H3,(H,22,27)(H,21,23,24,25). The largest absolute Gasteiger partial charge is 0.350 e. The highest BCUT2D eigenvalue weighted by Crippen LogP contribution is 2.18. The second kappa shape index (κ2) is 9.70. The molecule has 0 bridgehead atoms. The fourth-order valence-electron chi connectivity index (χ4n) is 2.32. The van der Waals surface area contributed by atoms with Crippen molar-refractivity contribution in [1.29, 1.82) is 0 Å². The smallest absolute Gasteiger partial charge is 0.234 e. The van der Waals surface area contributed by atoms with E-state index >= 15 is 0 Å². The maximum Gasteiger partial charge on any atom is 0.234 e. The fraction of sp³-hybridized carbons (Fsp3) is 0.200. The molecule has 144 valence electrons. The first-order valence-electron chi connectivity index (χ1n) is 8.79. The predicted molar refractivity (Wildman–Crippen MR) is 114 cm³/mol. The highest BCUT2D eigenvalue weighted by molar-refractivity contribution is 7.99. The second-order valence-corrected chi connectivity index (χ2v) is 7.12. The Labute approximate surface area is 168 Å². The summed E-state index contributed by atoms with van der Waals surface area (Å²) in [6.07, 6.45) is 0. The number of benzene rings is 2. The highest BCUT2D eigenvalue weighted by atomic mass is 32.2. The fourth-order valence-corrected chi connectivity index (χ4v) is 2.94. The highest BCUT2D eigenvalue weighted by Gasteiger charge is 2.11. The van der Waals surface area contributed by atoms with Crippen molar-refractivity contribution in [3.8, 4) is 0 Å². The lowest BCUT2D eigenvalue weighted by Crippen LogP contribution is -2.17. The number of hydrogen-bond acceptors (Lipinski definition) is 7. The number of thioether (sulfide) groups is 1. The minimum Gasteiger partial charge on any atom is -0.350 e. The van der Waals surface area contributed by atoms with Crippen LogP contribution in [-0.2, 0) is 11.3 Å². The third-order valence-electron chi connectivity index (χ3n) is 3.69. The van der Waals surface area contributed by atoms with Crippen LogP contribution in [0.15, 0.2) is 65.8 Å². The first-order chi connectivity index (χ1) is 13.6. The van der Waals surface area contributed by atoms with E-state index in [9.17, 15) is 4.79 Å². The van der Waals surface area contributed by atoms with Crippen LogP contribution in [0.3, 0.4) is 0 Å². The zero-order chi connectivity index (χ0) is 19.8. The molecule has 1 aromatic heterocycles. The molecule has 0 spiro atoms. The Bertz CT molecular complexity index is 905. The van der Waals surface area contributed by atoms with Gasteiger partial charge in [-0.25, -0.2) is 0 Å². The molecule has 3 rings (SSSR count). The van der Waals surface area contributed by atoms with Gasteiger partial charge in [0.1, 0.15) is 0 Å². The average molecular weight is 395 g/mol. The van der Waals surface area contributed by atoms with Crippen LogP contribution in [0.1, 0.15) is 5.56 Å². The molecule has 3 aromatic rings. The number of para-hydroxylation sites is 1. The van der Waals surface area contributed by atoms with Crippen molar-refractivity contribution in [3.05, 3.63) is 66.2 Å². The van der Waals surface area contributed by atoms with Gasteiger partial charge < -0.3 is 15.5 Å². The third kappa shape index (κ3) is 5.95. The minimum absolute atomic E-state index is 0.109. The van der Waals surface area contributed by atoms with Gasteiger partial charge in [0.2, 0.25) is 17.8 Å². The monoisotopic (exact) mass is 394 g/mol. The van der Waals surface area contributed by atoms with Gasteiger partial charge in [0.05, 0.1) is 5.75 Å². The number of hydrogen-bond donors (Lipinski definition) is 2. The van der Waals surface area contributed by atoms with E-state index in [1.54, 1.807) is 0 Å². The van der Waals surface area contributed by atoms with Crippen molar-refractivity contribution >= 4 is 35.3 Å². The molecule has 0 aliphatic rings. The Morgan fingerprint density at radius 2 is 1.64 bits per heavy atom. The molecule has 2 aromatic carbocycles. The van der Waals surface area contributed by atoms with Gasteiger partial charge in [0.15, 0.2) is 5.16 Å². The van der Waals surface area contributed by atoms with E-state index in [0.717, 1.165) is 11.3 Å². The van der Waals surface area contributed by atoms with Crippen molar-refractivity contribution in [3.63, 3.8) is 0 Å². The lowest BCUT2D eigenvalue weighted by atomic mass is 10.2. The summed E-state index contributed by atoms with van der Waals surface area (Å²) in [4.78, 5) is 27.2. The molecule has 0 atom stereocenters. The summed E-state index contributed by atoms with van der Waals surface area (Å²) in [5, 5.41) is 6.57. The molecule has 0 aliphatic carbocycles. The SMILES string of the molecule is CN(C)c1nc(NCc2ccccc2)nc(SCC(=O)Nc2ccccc2)n1. The molecular formula is C20H22N6OS. The quantitative estimate of drug-likeness (QED) is 0.567. The minimum atomic E-state index is -0.109. The molecule has 28 heavy (non-hydrogen) atoms. The number of anilines is 3. The Morgan fingerprint density at radius 3 is 2.32 bits per heavy atom. The van der Waals surface area contributed by atoms with Crippen LogP contribution in [0.4, 0.5) is 17.6 Å². The van der Waals surface area contributed by atoms with E-state index in [1.807, 2.05) is 79.7 Å². The maximum absolute atomic E-state index is 12.2. The van der Waals surface area contributed by atoms with E-state index in [2.05, 4.69) is 25.6 Å². The molecule has 1 heterocycles. The molecule has 0 fully saturated rings. The molecule has 0 saturated carbocycles. The van der Waals surface area contributed by atoms with Crippen LogP contribution in [0.5, 0.6) is 0 Å². The zero-order valence-corrected chi connectivity index (χ0v) is 16.6. The summed E-state index contributed by atoms with van der Waals surface area (Å²) in [6, 6.07) is 19.4. The van der Waals surface area contributed by atoms with Gasteiger partial charge in [-0.2, -0.15) is 15.0 Å². The van der Waals surface area contributed by atoms with Crippen molar-refractivity contribution in [2.45, 2.75) is 11.7 Å². The van der Waals surface area contributed by atoms with Crippen LogP contribution in [0.25, 0.3) is 0 Å². The van der Waals surface area contributed by atoms with Crippen LogP contribution in [-0.4, -0.2) is 40.7 Å². The Balaban J connectivity index is 1.64. The lowest BCUT2D eigenvalue weighted by Gasteiger charge is -2.13. The summed E-state index contributed by atoms with van der Waals surface area (Å²) in [6.45, 7) is 0.607. The van der Waals surface area contributed by atoms with Crippen molar-refractivity contribution in [2.75, 3.05) is 35.4 Å². The molecule has 0 aliphatic heterocycles. The number of aromatic nitrogens is 3. The van der Waals surface area contributed by atoms with Gasteiger partial charge in [0, 0.05) is 26.3 Å². The van der Waals surface area contributed by atoms with E-state index < -0.39 is 0 Å². The Morgan fingerprint density at radius 1 is 0.964 bits per heavy atom. The number of rotatable bonds is 8. The average Bonchev–Trinajstić information content (AvgIpc) is 2.72. The van der Waals surface area contributed by atoms with Crippen LogP contribution in [0, 0.1) is 0 Å². The number of carbonyl (C=O) groups is 1. The summed E-state index contributed by atoms with van der Waals surface area (Å²) < 4.78 is 0. The van der Waals surface area contributed by atoms with Gasteiger partial charge in [-0.1, -0.05) is 60.3 Å². The van der Waals surface area contributed by atoms with Gasteiger partial charge >= 0.3 is 0 Å². The molecule has 0 radical (unpaired) electrons. The van der Waals surface area contributed by atoms with E-state index in [4.69, 9.17) is 0 Å². The summed E-state index contributed by atoms with van der Waals surface area (Å²) in [5.74, 6) is 1.12. The van der Waals surface area contributed by atoms with E-state index in [0.29, 0.717) is 23.6 Å². The topological polar surface area (TPSA) is 83.0 Å². The number of amides is 1. The molecule has 8 heteroatoms. The molecular weight excluding hydrogens is 372 g/mol. The number of carbonyl (C=O) groups excluding carboxylic acids is 1. The summed E-state index contributed by atoms with van der Waals surface area (Å²) in [5.41, 5.74) is 1.90. The van der Waals surface area contributed by atoms with Crippen molar-refractivity contribution in [2.24, 2.45) is 0 Å². The van der Waals surface area contributed by atoms with Crippen molar-refractivity contribution < 1.29 is 4.79 Å². The summed E-state index contributed by atoms with van der Waals surface area (Å²) >= 11 is 1.27. The van der Waals surface area contributed by atoms with Crippen LogP contribution >= 0.6 is 11.8 Å². The maximum atomic E-state index is 12.2. The lowest BCUT2D eigenvalue weighted by molar-refractivity contribution is -0.113. The number of nitrogens with one attached hydrogen (secondary N) is 2. The second-order valence-electron chi connectivity index (χ2n) is 6.18. The van der Waals surface area contributed by atoms with Gasteiger partial charge in [-0.3, -0.25) is 4.79 Å². The van der Waals surface area contributed by atoms with Gasteiger partial charge in [0.25, 0.3) is 0 Å². The molecule has 2 N–H and O–H groups in total. The van der Waals surface area contributed by atoms with Gasteiger partial charge in [-0.05, 0) is 17.7 Å². The van der Waals surface area contributed by atoms with Crippen LogP contribution < -0.4 is 15.5 Å². The third-order valence-corrected chi connectivity index (χ3v) is 4.53. The molecule has 1 amide bonds. The Kier molecular flexibility index (Phi) is 6.80. The van der Waals surface area contributed by atoms with E-state index in [1.165, 1.54) is 11.8 Å². The molecule has 7 nitrogen and oxygen atoms in total. The molecule has 0 unspecified atom stereocenters. The molecule has 0 saturated heterocycles. The van der Waals surface area contributed by atoms with Crippen LogP contribution in [0.2, 0.25) is 0 Å². The first-order valence-corrected chi connectivity index (χ1v) is 9.77. The van der Waals surface area contributed by atoms with Gasteiger partial charge in [-0.15, -0.1) is 0 Å². The van der Waals surface area contributed by atoms with Crippen molar-refractivity contribution in [1.82, 2.24) is 15.0 Å². The first kappa shape index (κ1) is 19.6. The predicted octanol–water partition coefficient (Wildman–Crippen LogP) is 3.28. The van der Waals surface area contributed by atoms with E-state index in [-0.39, 0.29) is 11.7 Å². The number of nitrogens with zero attached hydrogens (tertiary/aromatic N) is 4. The Hall–Kier alpha value is -3.13. The summed E-state index contributed by atoms with van der Waals surface area (Å²) in [7, 11) is 3.74. The zero-order valence-electron chi connectivity index (χ0n) is 15.8. The normalized spacial score (nSPS) is 10.4.